The molecule has 0 saturated heterocycles. The second-order valence-electron chi connectivity index (χ2n) is 3.18. The number of hydrogen-bond acceptors (Lipinski definition) is 2. The lowest BCUT2D eigenvalue weighted by molar-refractivity contribution is -0.149. The first-order chi connectivity index (χ1) is 7.06. The normalized spacial score (nSPS) is 12.1. The standard InChI is InChI=1S/C11H11ClO3/c1-2-9(10(13)11(14)15)7-3-5-8(12)6-4-7/h3-6,9H,2H2,1H3,(H,14,15). The van der Waals surface area contributed by atoms with Gasteiger partial charge in [0.15, 0.2) is 0 Å². The minimum Gasteiger partial charge on any atom is -0.475 e. The molecule has 15 heavy (non-hydrogen) atoms. The van der Waals surface area contributed by atoms with E-state index in [9.17, 15) is 9.59 Å². The van der Waals surface area contributed by atoms with Gasteiger partial charge in [-0.1, -0.05) is 30.7 Å². The zero-order valence-corrected chi connectivity index (χ0v) is 8.99. The predicted molar refractivity (Wildman–Crippen MR) is 57.1 cm³/mol. The smallest absolute Gasteiger partial charge is 0.372 e. The predicted octanol–water partition coefficient (Wildman–Crippen LogP) is 2.49. The maximum absolute atomic E-state index is 11.3. The molecule has 1 aromatic carbocycles. The van der Waals surface area contributed by atoms with Crippen molar-refractivity contribution in [1.29, 1.82) is 0 Å². The van der Waals surface area contributed by atoms with Crippen LogP contribution in [-0.4, -0.2) is 16.9 Å². The molecule has 1 N–H and O–H groups in total. The van der Waals surface area contributed by atoms with Crippen molar-refractivity contribution in [1.82, 2.24) is 0 Å². The fourth-order valence-corrected chi connectivity index (χ4v) is 1.54. The zero-order chi connectivity index (χ0) is 11.4. The number of carboxylic acids is 1. The summed E-state index contributed by atoms with van der Waals surface area (Å²) in [5, 5.41) is 9.19. The number of halogens is 1. The van der Waals surface area contributed by atoms with Crippen molar-refractivity contribution in [3.8, 4) is 0 Å². The van der Waals surface area contributed by atoms with E-state index in [2.05, 4.69) is 0 Å². The summed E-state index contributed by atoms with van der Waals surface area (Å²) in [7, 11) is 0. The third-order valence-electron chi connectivity index (χ3n) is 2.21. The molecule has 0 aromatic heterocycles. The molecule has 80 valence electrons. The number of rotatable bonds is 4. The van der Waals surface area contributed by atoms with Gasteiger partial charge < -0.3 is 5.11 Å². The molecule has 0 radical (unpaired) electrons. The second-order valence-corrected chi connectivity index (χ2v) is 3.62. The van der Waals surface area contributed by atoms with Crippen LogP contribution in [0.15, 0.2) is 24.3 Å². The van der Waals surface area contributed by atoms with Crippen molar-refractivity contribution in [2.24, 2.45) is 0 Å². The van der Waals surface area contributed by atoms with Gasteiger partial charge in [0.2, 0.25) is 5.78 Å². The zero-order valence-electron chi connectivity index (χ0n) is 8.24. The Morgan fingerprint density at radius 1 is 1.33 bits per heavy atom. The summed E-state index contributed by atoms with van der Waals surface area (Å²) >= 11 is 5.70. The highest BCUT2D eigenvalue weighted by atomic mass is 35.5. The average Bonchev–Trinajstić information content (AvgIpc) is 2.21. The van der Waals surface area contributed by atoms with Gasteiger partial charge in [0.1, 0.15) is 0 Å². The summed E-state index contributed by atoms with van der Waals surface area (Å²) in [6.45, 7) is 1.78. The molecule has 0 spiro atoms. The SMILES string of the molecule is CCC(C(=O)C(=O)O)c1ccc(Cl)cc1. The molecule has 1 atom stereocenters. The van der Waals surface area contributed by atoms with Crippen LogP contribution in [0.2, 0.25) is 5.02 Å². The highest BCUT2D eigenvalue weighted by Gasteiger charge is 2.24. The molecule has 0 saturated carbocycles. The van der Waals surface area contributed by atoms with Crippen LogP contribution in [-0.2, 0) is 9.59 Å². The van der Waals surface area contributed by atoms with Crippen LogP contribution in [0.3, 0.4) is 0 Å². The fraction of sp³-hybridized carbons (Fsp3) is 0.273. The third-order valence-corrected chi connectivity index (χ3v) is 2.46. The molecule has 1 aromatic rings. The van der Waals surface area contributed by atoms with Crippen molar-refractivity contribution in [3.05, 3.63) is 34.9 Å². The van der Waals surface area contributed by atoms with Gasteiger partial charge in [-0.2, -0.15) is 0 Å². The Balaban J connectivity index is 2.97. The number of carbonyl (C=O) groups excluding carboxylic acids is 1. The Hall–Kier alpha value is -1.35. The van der Waals surface area contributed by atoms with Crippen molar-refractivity contribution in [3.63, 3.8) is 0 Å². The van der Waals surface area contributed by atoms with Crippen LogP contribution in [0.1, 0.15) is 24.8 Å². The summed E-state index contributed by atoms with van der Waals surface area (Å²) in [4.78, 5) is 21.9. The summed E-state index contributed by atoms with van der Waals surface area (Å²) in [6.07, 6.45) is 0.465. The largest absolute Gasteiger partial charge is 0.475 e. The molecule has 0 amide bonds. The monoisotopic (exact) mass is 226 g/mol. The molecule has 0 heterocycles. The van der Waals surface area contributed by atoms with Crippen molar-refractivity contribution in [2.45, 2.75) is 19.3 Å². The number of aliphatic carboxylic acids is 1. The molecule has 3 nitrogen and oxygen atoms in total. The molecule has 0 bridgehead atoms. The molecule has 0 fully saturated rings. The van der Waals surface area contributed by atoms with E-state index in [1.807, 2.05) is 0 Å². The van der Waals surface area contributed by atoms with Gasteiger partial charge >= 0.3 is 5.97 Å². The lowest BCUT2D eigenvalue weighted by atomic mass is 9.92. The quantitative estimate of drug-likeness (QED) is 0.803. The van der Waals surface area contributed by atoms with E-state index >= 15 is 0 Å². The molecule has 0 aliphatic carbocycles. The Morgan fingerprint density at radius 2 is 1.87 bits per heavy atom. The van der Waals surface area contributed by atoms with Crippen molar-refractivity contribution < 1.29 is 14.7 Å². The molecule has 1 unspecified atom stereocenters. The van der Waals surface area contributed by atoms with Gasteiger partial charge in [0.25, 0.3) is 0 Å². The van der Waals surface area contributed by atoms with Crippen LogP contribution in [0.5, 0.6) is 0 Å². The number of ketones is 1. The van der Waals surface area contributed by atoms with Crippen LogP contribution >= 0.6 is 11.6 Å². The third kappa shape index (κ3) is 2.80. The number of benzene rings is 1. The van der Waals surface area contributed by atoms with Crippen LogP contribution < -0.4 is 0 Å². The van der Waals surface area contributed by atoms with E-state index in [-0.39, 0.29) is 0 Å². The van der Waals surface area contributed by atoms with Crippen molar-refractivity contribution in [2.75, 3.05) is 0 Å². The molecule has 4 heteroatoms. The second kappa shape index (κ2) is 4.94. The van der Waals surface area contributed by atoms with Gasteiger partial charge in [-0.15, -0.1) is 0 Å². The van der Waals surface area contributed by atoms with Crippen LogP contribution in [0.4, 0.5) is 0 Å². The lowest BCUT2D eigenvalue weighted by Crippen LogP contribution is -2.21. The molecular weight excluding hydrogens is 216 g/mol. The van der Waals surface area contributed by atoms with E-state index in [4.69, 9.17) is 16.7 Å². The lowest BCUT2D eigenvalue weighted by Gasteiger charge is -2.11. The molecular formula is C11H11ClO3. The minimum atomic E-state index is -1.39. The minimum absolute atomic E-state index is 0.465. The number of carbonyl (C=O) groups is 2. The summed E-state index contributed by atoms with van der Waals surface area (Å²) < 4.78 is 0. The number of Topliss-reactive ketones (excluding diaryl/α,β-unsaturated/α-hetero) is 1. The van der Waals surface area contributed by atoms with Gasteiger partial charge in [0, 0.05) is 5.02 Å². The van der Waals surface area contributed by atoms with Crippen LogP contribution in [0.25, 0.3) is 0 Å². The van der Waals surface area contributed by atoms with Gasteiger partial charge in [-0.05, 0) is 24.1 Å². The van der Waals surface area contributed by atoms with E-state index < -0.39 is 17.7 Å². The molecule has 0 aliphatic rings. The van der Waals surface area contributed by atoms with E-state index in [1.165, 1.54) is 0 Å². The molecule has 1 rings (SSSR count). The maximum atomic E-state index is 11.3. The Morgan fingerprint density at radius 3 is 2.27 bits per heavy atom. The first-order valence-electron chi connectivity index (χ1n) is 4.58. The summed E-state index contributed by atoms with van der Waals surface area (Å²) in [5.41, 5.74) is 0.689. The van der Waals surface area contributed by atoms with E-state index in [1.54, 1.807) is 31.2 Å². The first-order valence-corrected chi connectivity index (χ1v) is 4.96. The summed E-state index contributed by atoms with van der Waals surface area (Å²) in [6, 6.07) is 6.65. The highest BCUT2D eigenvalue weighted by Crippen LogP contribution is 2.22. The van der Waals surface area contributed by atoms with Gasteiger partial charge in [-0.3, -0.25) is 4.79 Å². The Labute approximate surface area is 92.7 Å². The first kappa shape index (κ1) is 11.7. The highest BCUT2D eigenvalue weighted by molar-refractivity contribution is 6.35. The van der Waals surface area contributed by atoms with Crippen molar-refractivity contribution >= 4 is 23.4 Å². The van der Waals surface area contributed by atoms with Crippen LogP contribution in [0, 0.1) is 0 Å². The Bertz CT molecular complexity index is 370. The van der Waals surface area contributed by atoms with E-state index in [0.717, 1.165) is 0 Å². The number of hydrogen-bond donors (Lipinski definition) is 1. The topological polar surface area (TPSA) is 54.4 Å². The number of carboxylic acid groups (broad SMARTS) is 1. The average molecular weight is 227 g/mol. The van der Waals surface area contributed by atoms with Gasteiger partial charge in [-0.25, -0.2) is 4.79 Å². The Kier molecular flexibility index (Phi) is 3.86. The van der Waals surface area contributed by atoms with Gasteiger partial charge in [0.05, 0.1) is 5.92 Å². The van der Waals surface area contributed by atoms with E-state index in [0.29, 0.717) is 17.0 Å². The summed E-state index contributed by atoms with van der Waals surface area (Å²) in [5.74, 6) is -2.75. The fourth-order valence-electron chi connectivity index (χ4n) is 1.42. The maximum Gasteiger partial charge on any atom is 0.372 e. The molecule has 0 aliphatic heterocycles.